The van der Waals surface area contributed by atoms with Crippen LogP contribution in [-0.2, 0) is 10.2 Å². The molecule has 3 aromatic carbocycles. The number of hydrazone groups is 1. The predicted molar refractivity (Wildman–Crippen MR) is 113 cm³/mol. The van der Waals surface area contributed by atoms with Gasteiger partial charge < -0.3 is 5.73 Å². The Morgan fingerprint density at radius 1 is 0.929 bits per heavy atom. The van der Waals surface area contributed by atoms with Crippen LogP contribution in [0.4, 0.5) is 5.69 Å². The Morgan fingerprint density at radius 2 is 1.46 bits per heavy atom. The Hall–Kier alpha value is -3.40. The van der Waals surface area contributed by atoms with Crippen LogP contribution in [0, 0.1) is 5.92 Å². The van der Waals surface area contributed by atoms with Crippen molar-refractivity contribution in [1.82, 2.24) is 5.43 Å². The van der Waals surface area contributed by atoms with Gasteiger partial charge in [-0.1, -0.05) is 72.8 Å². The van der Waals surface area contributed by atoms with E-state index in [9.17, 15) is 4.79 Å². The number of benzene rings is 3. The standard InChI is InChI=1S/C24H23N3O/c1-17(18-12-14-21(25)15-13-18)26-27-23(28)22-16-24(22,19-8-4-2-5-9-19)20-10-6-3-7-11-20/h2-15,22H,16,25H2,1H3,(H,27,28)/b26-17+/t22-/m1/s1. The Labute approximate surface area is 165 Å². The van der Waals surface area contributed by atoms with Crippen LogP contribution in [0.25, 0.3) is 0 Å². The lowest BCUT2D eigenvalue weighted by Gasteiger charge is -2.18. The molecule has 1 aliphatic carbocycles. The second-order valence-corrected chi connectivity index (χ2v) is 7.26. The van der Waals surface area contributed by atoms with Crippen molar-refractivity contribution in [3.8, 4) is 0 Å². The van der Waals surface area contributed by atoms with E-state index in [1.54, 1.807) is 0 Å². The third-order valence-corrected chi connectivity index (χ3v) is 5.52. The number of nitrogens with two attached hydrogens (primary N) is 1. The summed E-state index contributed by atoms with van der Waals surface area (Å²) >= 11 is 0. The highest BCUT2D eigenvalue weighted by Gasteiger charge is 2.60. The molecule has 1 saturated carbocycles. The number of carbonyl (C=O) groups is 1. The van der Waals surface area contributed by atoms with Crippen molar-refractivity contribution in [1.29, 1.82) is 0 Å². The number of nitrogens with one attached hydrogen (secondary N) is 1. The van der Waals surface area contributed by atoms with Gasteiger partial charge in [-0.25, -0.2) is 5.43 Å². The highest BCUT2D eigenvalue weighted by molar-refractivity contribution is 5.99. The van der Waals surface area contributed by atoms with Crippen LogP contribution in [0.15, 0.2) is 90.0 Å². The van der Waals surface area contributed by atoms with Crippen LogP contribution < -0.4 is 11.2 Å². The Morgan fingerprint density at radius 3 is 2.00 bits per heavy atom. The fourth-order valence-electron chi connectivity index (χ4n) is 3.86. The summed E-state index contributed by atoms with van der Waals surface area (Å²) in [5.74, 6) is -0.192. The van der Waals surface area contributed by atoms with E-state index in [0.29, 0.717) is 5.69 Å². The summed E-state index contributed by atoms with van der Waals surface area (Å²) in [6, 6.07) is 27.9. The van der Waals surface area contributed by atoms with Crippen molar-refractivity contribution in [3.05, 3.63) is 102 Å². The van der Waals surface area contributed by atoms with Crippen molar-refractivity contribution >= 4 is 17.3 Å². The lowest BCUT2D eigenvalue weighted by Crippen LogP contribution is -2.26. The number of rotatable bonds is 5. The van der Waals surface area contributed by atoms with Crippen molar-refractivity contribution < 1.29 is 4.79 Å². The number of hydrogen-bond donors (Lipinski definition) is 2. The minimum atomic E-state index is -0.281. The quantitative estimate of drug-likeness (QED) is 0.404. The van der Waals surface area contributed by atoms with E-state index in [2.05, 4.69) is 34.8 Å². The van der Waals surface area contributed by atoms with Gasteiger partial charge >= 0.3 is 0 Å². The Kier molecular flexibility index (Phi) is 4.70. The topological polar surface area (TPSA) is 67.5 Å². The fraction of sp³-hybridized carbons (Fsp3) is 0.167. The molecule has 0 aromatic heterocycles. The number of nitrogen functional groups attached to an aromatic ring is 1. The second-order valence-electron chi connectivity index (χ2n) is 7.26. The van der Waals surface area contributed by atoms with Gasteiger partial charge in [-0.3, -0.25) is 4.79 Å². The summed E-state index contributed by atoms with van der Waals surface area (Å²) in [7, 11) is 0. The molecule has 3 aromatic rings. The summed E-state index contributed by atoms with van der Waals surface area (Å²) in [5.41, 5.74) is 12.9. The number of nitrogens with zero attached hydrogens (tertiary/aromatic N) is 1. The molecular weight excluding hydrogens is 346 g/mol. The smallest absolute Gasteiger partial charge is 0.244 e. The molecule has 0 spiro atoms. The van der Waals surface area contributed by atoms with Gasteiger partial charge in [0.05, 0.1) is 11.6 Å². The molecule has 3 N–H and O–H groups in total. The summed E-state index contributed by atoms with van der Waals surface area (Å²) in [6.45, 7) is 1.88. The molecule has 0 aliphatic heterocycles. The van der Waals surface area contributed by atoms with Crippen LogP contribution in [0.1, 0.15) is 30.0 Å². The van der Waals surface area contributed by atoms with Crippen LogP contribution >= 0.6 is 0 Å². The minimum Gasteiger partial charge on any atom is -0.399 e. The third-order valence-electron chi connectivity index (χ3n) is 5.52. The predicted octanol–water partition coefficient (Wildman–Crippen LogP) is 4.12. The van der Waals surface area contributed by atoms with Gasteiger partial charge in [-0.05, 0) is 42.2 Å². The zero-order valence-electron chi connectivity index (χ0n) is 15.8. The lowest BCUT2D eigenvalue weighted by molar-refractivity contribution is -0.122. The van der Waals surface area contributed by atoms with Crippen LogP contribution in [0.5, 0.6) is 0 Å². The molecule has 28 heavy (non-hydrogen) atoms. The highest BCUT2D eigenvalue weighted by Crippen LogP contribution is 2.58. The zero-order chi connectivity index (χ0) is 19.6. The second kappa shape index (κ2) is 7.31. The first-order valence-corrected chi connectivity index (χ1v) is 9.42. The zero-order valence-corrected chi connectivity index (χ0v) is 15.8. The highest BCUT2D eigenvalue weighted by atomic mass is 16.2. The fourth-order valence-corrected chi connectivity index (χ4v) is 3.86. The van der Waals surface area contributed by atoms with Crippen LogP contribution in [0.2, 0.25) is 0 Å². The van der Waals surface area contributed by atoms with Gasteiger partial charge in [0.25, 0.3) is 0 Å². The number of amides is 1. The molecule has 4 nitrogen and oxygen atoms in total. The molecule has 140 valence electrons. The van der Waals surface area contributed by atoms with Crippen molar-refractivity contribution in [2.45, 2.75) is 18.8 Å². The maximum absolute atomic E-state index is 12.9. The van der Waals surface area contributed by atoms with E-state index < -0.39 is 0 Å². The summed E-state index contributed by atoms with van der Waals surface area (Å²) in [6.07, 6.45) is 0.781. The molecule has 0 unspecified atom stereocenters. The van der Waals surface area contributed by atoms with Crippen LogP contribution in [0.3, 0.4) is 0 Å². The molecule has 4 heteroatoms. The van der Waals surface area contributed by atoms with Crippen molar-refractivity contribution in [2.24, 2.45) is 11.0 Å². The molecular formula is C24H23N3O. The summed E-state index contributed by atoms with van der Waals surface area (Å²) in [5, 5.41) is 4.31. The average Bonchev–Trinajstić information content (AvgIpc) is 3.51. The summed E-state index contributed by atoms with van der Waals surface area (Å²) in [4.78, 5) is 12.9. The SMILES string of the molecule is C/C(=N\NC(=O)[C@H]1CC1(c1ccccc1)c1ccccc1)c1ccc(N)cc1. The van der Waals surface area contributed by atoms with E-state index in [1.165, 1.54) is 11.1 Å². The van der Waals surface area contributed by atoms with E-state index >= 15 is 0 Å². The first-order valence-electron chi connectivity index (χ1n) is 9.42. The molecule has 1 amide bonds. The molecule has 1 aliphatic rings. The molecule has 0 bridgehead atoms. The first kappa shape index (κ1) is 18.0. The lowest BCUT2D eigenvalue weighted by atomic mass is 9.85. The Balaban J connectivity index is 1.56. The monoisotopic (exact) mass is 369 g/mol. The molecule has 0 radical (unpaired) electrons. The molecule has 1 atom stereocenters. The van der Waals surface area contributed by atoms with E-state index in [1.807, 2.05) is 67.6 Å². The van der Waals surface area contributed by atoms with E-state index in [0.717, 1.165) is 17.7 Å². The van der Waals surface area contributed by atoms with E-state index in [-0.39, 0.29) is 17.2 Å². The number of carbonyl (C=O) groups excluding carboxylic acids is 1. The average molecular weight is 369 g/mol. The number of hydrogen-bond acceptors (Lipinski definition) is 3. The van der Waals surface area contributed by atoms with Gasteiger partial charge in [-0.2, -0.15) is 5.10 Å². The maximum atomic E-state index is 12.9. The molecule has 0 saturated heterocycles. The van der Waals surface area contributed by atoms with E-state index in [4.69, 9.17) is 5.73 Å². The van der Waals surface area contributed by atoms with Gasteiger partial charge in [0.1, 0.15) is 0 Å². The molecule has 0 heterocycles. The molecule has 1 fully saturated rings. The maximum Gasteiger partial charge on any atom is 0.244 e. The first-order chi connectivity index (χ1) is 13.6. The minimum absolute atomic E-state index is 0.0532. The van der Waals surface area contributed by atoms with Gasteiger partial charge in [0.2, 0.25) is 5.91 Å². The largest absolute Gasteiger partial charge is 0.399 e. The summed E-state index contributed by atoms with van der Waals surface area (Å²) < 4.78 is 0. The van der Waals surface area contributed by atoms with Crippen LogP contribution in [-0.4, -0.2) is 11.6 Å². The Bertz CT molecular complexity index is 956. The van der Waals surface area contributed by atoms with Crippen molar-refractivity contribution in [3.63, 3.8) is 0 Å². The van der Waals surface area contributed by atoms with Gasteiger partial charge in [0.15, 0.2) is 0 Å². The number of anilines is 1. The normalized spacial score (nSPS) is 17.8. The third kappa shape index (κ3) is 3.29. The van der Waals surface area contributed by atoms with Gasteiger partial charge in [-0.15, -0.1) is 0 Å². The van der Waals surface area contributed by atoms with Crippen molar-refractivity contribution in [2.75, 3.05) is 5.73 Å². The molecule has 4 rings (SSSR count). The van der Waals surface area contributed by atoms with Gasteiger partial charge in [0, 0.05) is 11.1 Å².